The van der Waals surface area contributed by atoms with Gasteiger partial charge in [-0.2, -0.15) is 0 Å². The fourth-order valence-electron chi connectivity index (χ4n) is 2.48. The minimum Gasteiger partial charge on any atom is -0.399 e. The summed E-state index contributed by atoms with van der Waals surface area (Å²) >= 11 is 0. The number of carbonyl (C=O) groups is 1. The van der Waals surface area contributed by atoms with Crippen LogP contribution in [0.2, 0.25) is 0 Å². The summed E-state index contributed by atoms with van der Waals surface area (Å²) in [6.07, 6.45) is 1.90. The fourth-order valence-corrected chi connectivity index (χ4v) is 2.48. The van der Waals surface area contributed by atoms with Gasteiger partial charge in [0.2, 0.25) is 0 Å². The monoisotopic (exact) mass is 332 g/mol. The SMILES string of the molecule is CC1(C)OB(c2cc(C(=O)NC3CC3)cc([N+](=O)[O-])c2)OC1(C)C. The molecule has 1 aliphatic heterocycles. The Balaban J connectivity index is 1.94. The Morgan fingerprint density at radius 2 is 1.79 bits per heavy atom. The van der Waals surface area contributed by atoms with Gasteiger partial charge in [-0.3, -0.25) is 14.9 Å². The smallest absolute Gasteiger partial charge is 0.399 e. The number of hydrogen-bond donors (Lipinski definition) is 1. The number of non-ortho nitro benzene ring substituents is 1. The summed E-state index contributed by atoms with van der Waals surface area (Å²) in [5.41, 5.74) is -0.537. The van der Waals surface area contributed by atoms with Gasteiger partial charge in [0.1, 0.15) is 0 Å². The first-order valence-corrected chi connectivity index (χ1v) is 8.05. The van der Waals surface area contributed by atoms with Gasteiger partial charge in [0.05, 0.1) is 16.1 Å². The summed E-state index contributed by atoms with van der Waals surface area (Å²) < 4.78 is 11.9. The number of hydrogen-bond acceptors (Lipinski definition) is 5. The van der Waals surface area contributed by atoms with E-state index >= 15 is 0 Å². The number of nitrogens with zero attached hydrogens (tertiary/aromatic N) is 1. The fraction of sp³-hybridized carbons (Fsp3) is 0.562. The molecule has 2 aliphatic rings. The number of nitro groups is 1. The Hall–Kier alpha value is -1.93. The predicted octanol–water partition coefficient (Wildman–Crippen LogP) is 1.79. The van der Waals surface area contributed by atoms with E-state index < -0.39 is 23.2 Å². The molecule has 0 aromatic heterocycles. The van der Waals surface area contributed by atoms with E-state index in [2.05, 4.69) is 5.32 Å². The molecule has 1 N–H and O–H groups in total. The van der Waals surface area contributed by atoms with Crippen LogP contribution in [0.5, 0.6) is 0 Å². The van der Waals surface area contributed by atoms with Gasteiger partial charge in [-0.25, -0.2) is 0 Å². The van der Waals surface area contributed by atoms with Crippen LogP contribution in [0.3, 0.4) is 0 Å². The van der Waals surface area contributed by atoms with Crippen molar-refractivity contribution in [1.82, 2.24) is 5.32 Å². The van der Waals surface area contributed by atoms with Gasteiger partial charge in [-0.1, -0.05) is 0 Å². The summed E-state index contributed by atoms with van der Waals surface area (Å²) in [6.45, 7) is 7.63. The first kappa shape index (κ1) is 16.9. The van der Waals surface area contributed by atoms with Crippen LogP contribution < -0.4 is 10.8 Å². The Kier molecular flexibility index (Phi) is 3.92. The lowest BCUT2D eigenvalue weighted by atomic mass is 9.78. The predicted molar refractivity (Wildman–Crippen MR) is 89.3 cm³/mol. The van der Waals surface area contributed by atoms with Crippen molar-refractivity contribution in [3.8, 4) is 0 Å². The lowest BCUT2D eigenvalue weighted by Gasteiger charge is -2.32. The van der Waals surface area contributed by atoms with Crippen LogP contribution in [0.1, 0.15) is 50.9 Å². The maximum Gasteiger partial charge on any atom is 0.495 e. The highest BCUT2D eigenvalue weighted by molar-refractivity contribution is 6.62. The first-order chi connectivity index (χ1) is 11.1. The molecule has 0 radical (unpaired) electrons. The minimum atomic E-state index is -0.748. The minimum absolute atomic E-state index is 0.150. The molecule has 0 spiro atoms. The molecular formula is C16H21BN2O5. The molecule has 1 amide bonds. The highest BCUT2D eigenvalue weighted by Gasteiger charge is 2.52. The summed E-state index contributed by atoms with van der Waals surface area (Å²) in [6, 6.07) is 4.46. The van der Waals surface area contributed by atoms with Gasteiger partial charge >= 0.3 is 7.12 Å². The van der Waals surface area contributed by atoms with Crippen molar-refractivity contribution in [3.63, 3.8) is 0 Å². The first-order valence-electron chi connectivity index (χ1n) is 8.05. The molecule has 7 nitrogen and oxygen atoms in total. The highest BCUT2D eigenvalue weighted by atomic mass is 16.7. The molecule has 1 saturated heterocycles. The molecule has 1 aliphatic carbocycles. The van der Waals surface area contributed by atoms with Crippen LogP contribution >= 0.6 is 0 Å². The third kappa shape index (κ3) is 3.16. The van der Waals surface area contributed by atoms with E-state index in [9.17, 15) is 14.9 Å². The molecule has 0 bridgehead atoms. The second-order valence-corrected chi connectivity index (χ2v) is 7.41. The number of rotatable bonds is 4. The third-order valence-corrected chi connectivity index (χ3v) is 4.85. The summed E-state index contributed by atoms with van der Waals surface area (Å²) in [5, 5.41) is 14.1. The molecule has 8 heteroatoms. The van der Waals surface area contributed by atoms with Crippen molar-refractivity contribution < 1.29 is 19.0 Å². The number of nitro benzene ring substituents is 1. The average molecular weight is 332 g/mol. The van der Waals surface area contributed by atoms with E-state index in [1.165, 1.54) is 12.1 Å². The molecule has 0 unspecified atom stereocenters. The van der Waals surface area contributed by atoms with Crippen molar-refractivity contribution >= 4 is 24.2 Å². The Labute approximate surface area is 141 Å². The molecular weight excluding hydrogens is 311 g/mol. The van der Waals surface area contributed by atoms with Crippen molar-refractivity contribution in [2.75, 3.05) is 0 Å². The van der Waals surface area contributed by atoms with Crippen LogP contribution in [0.4, 0.5) is 5.69 Å². The maximum absolute atomic E-state index is 12.3. The van der Waals surface area contributed by atoms with Crippen LogP contribution in [-0.4, -0.2) is 35.2 Å². The standard InChI is InChI=1S/C16H21BN2O5/c1-15(2)16(3,4)24-17(23-15)11-7-10(8-13(9-11)19(21)22)14(20)18-12-5-6-12/h7-9,12H,5-6H2,1-4H3,(H,18,20). The Morgan fingerprint density at radius 1 is 1.21 bits per heavy atom. The normalized spacial score (nSPS) is 21.6. The zero-order valence-electron chi connectivity index (χ0n) is 14.3. The average Bonchev–Trinajstić information content (AvgIpc) is 3.25. The van der Waals surface area contributed by atoms with Crippen LogP contribution in [0, 0.1) is 10.1 Å². The van der Waals surface area contributed by atoms with Crippen LogP contribution in [-0.2, 0) is 9.31 Å². The van der Waals surface area contributed by atoms with Gasteiger partial charge in [-0.15, -0.1) is 0 Å². The lowest BCUT2D eigenvalue weighted by Crippen LogP contribution is -2.41. The maximum atomic E-state index is 12.3. The van der Waals surface area contributed by atoms with E-state index in [-0.39, 0.29) is 23.2 Å². The Bertz CT molecular complexity index is 684. The number of benzene rings is 1. The highest BCUT2D eigenvalue weighted by Crippen LogP contribution is 2.36. The van der Waals surface area contributed by atoms with E-state index in [0.29, 0.717) is 5.46 Å². The van der Waals surface area contributed by atoms with Gasteiger partial charge in [0.25, 0.3) is 11.6 Å². The largest absolute Gasteiger partial charge is 0.495 e. The summed E-state index contributed by atoms with van der Waals surface area (Å²) in [5.74, 6) is -0.307. The van der Waals surface area contributed by atoms with E-state index in [1.807, 2.05) is 27.7 Å². The van der Waals surface area contributed by atoms with Gasteiger partial charge in [-0.05, 0) is 52.1 Å². The number of carbonyl (C=O) groups excluding carboxylic acids is 1. The van der Waals surface area contributed by atoms with Crippen molar-refractivity contribution in [3.05, 3.63) is 33.9 Å². The number of amides is 1. The van der Waals surface area contributed by atoms with E-state index in [1.54, 1.807) is 6.07 Å². The topological polar surface area (TPSA) is 90.7 Å². The summed E-state index contributed by atoms with van der Waals surface area (Å²) in [7, 11) is -0.748. The third-order valence-electron chi connectivity index (χ3n) is 4.85. The van der Waals surface area contributed by atoms with Crippen LogP contribution in [0.15, 0.2) is 18.2 Å². The molecule has 1 saturated carbocycles. The summed E-state index contributed by atoms with van der Waals surface area (Å²) in [4.78, 5) is 23.0. The number of nitrogens with one attached hydrogen (secondary N) is 1. The molecule has 1 aromatic carbocycles. The zero-order valence-corrected chi connectivity index (χ0v) is 14.3. The molecule has 1 aromatic rings. The van der Waals surface area contributed by atoms with Crippen molar-refractivity contribution in [1.29, 1.82) is 0 Å². The molecule has 1 heterocycles. The van der Waals surface area contributed by atoms with Crippen molar-refractivity contribution in [2.24, 2.45) is 0 Å². The van der Waals surface area contributed by atoms with E-state index in [0.717, 1.165) is 12.8 Å². The molecule has 2 fully saturated rings. The lowest BCUT2D eigenvalue weighted by molar-refractivity contribution is -0.384. The van der Waals surface area contributed by atoms with E-state index in [4.69, 9.17) is 9.31 Å². The second-order valence-electron chi connectivity index (χ2n) is 7.41. The van der Waals surface area contributed by atoms with Gasteiger partial charge < -0.3 is 14.6 Å². The Morgan fingerprint density at radius 3 is 2.29 bits per heavy atom. The van der Waals surface area contributed by atoms with Gasteiger partial charge in [0, 0.05) is 23.7 Å². The molecule has 24 heavy (non-hydrogen) atoms. The van der Waals surface area contributed by atoms with Gasteiger partial charge in [0.15, 0.2) is 0 Å². The van der Waals surface area contributed by atoms with Crippen LogP contribution in [0.25, 0.3) is 0 Å². The zero-order chi connectivity index (χ0) is 17.7. The van der Waals surface area contributed by atoms with Crippen molar-refractivity contribution in [2.45, 2.75) is 57.8 Å². The second kappa shape index (κ2) is 5.56. The quantitative estimate of drug-likeness (QED) is 0.516. The molecule has 128 valence electrons. The molecule has 0 atom stereocenters. The molecule has 3 rings (SSSR count).